The number of alkyl halides is 3. The summed E-state index contributed by atoms with van der Waals surface area (Å²) in [5, 5.41) is 0. The second-order valence-electron chi connectivity index (χ2n) is 3.60. The predicted molar refractivity (Wildman–Crippen MR) is 41.2 cm³/mol. The van der Waals surface area contributed by atoms with E-state index in [0.717, 1.165) is 19.3 Å². The molecule has 2 bridgehead atoms. The maximum absolute atomic E-state index is 12.2. The van der Waals surface area contributed by atoms with E-state index in [1.807, 2.05) is 0 Å². The molecule has 0 N–H and O–H groups in total. The van der Waals surface area contributed by atoms with Crippen LogP contribution in [0.4, 0.5) is 13.2 Å². The Labute approximate surface area is 104 Å². The van der Waals surface area contributed by atoms with E-state index in [2.05, 4.69) is 0 Å². The average molecular weight is 296 g/mol. The summed E-state index contributed by atoms with van der Waals surface area (Å²) in [6.07, 6.45) is -1.08. The quantitative estimate of drug-likeness (QED) is 0.601. The molecule has 2 saturated carbocycles. The Balaban J connectivity index is 0. The van der Waals surface area contributed by atoms with Crippen LogP contribution in [0.1, 0.15) is 25.7 Å². The van der Waals surface area contributed by atoms with Crippen molar-refractivity contribution in [1.29, 1.82) is 0 Å². The van der Waals surface area contributed by atoms with Crippen molar-refractivity contribution in [3.05, 3.63) is 13.3 Å². The largest absolute Gasteiger partial charge is 0.358 e. The molecule has 0 aromatic carbocycles. The van der Waals surface area contributed by atoms with Gasteiger partial charge in [-0.05, 0) is 0 Å². The first kappa shape index (κ1) is 17.2. The number of hydrogen-bond acceptors (Lipinski definition) is 0. The number of rotatable bonds is 0. The van der Waals surface area contributed by atoms with E-state index in [9.17, 15) is 13.2 Å². The van der Waals surface area contributed by atoms with Crippen LogP contribution in [0.2, 0.25) is 0 Å². The molecule has 2 aliphatic rings. The molecule has 0 aromatic rings. The zero-order valence-corrected chi connectivity index (χ0v) is 9.87. The van der Waals surface area contributed by atoms with Crippen molar-refractivity contribution >= 4 is 0 Å². The molecule has 0 spiro atoms. The fourth-order valence-electron chi connectivity index (χ4n) is 2.40. The summed E-state index contributed by atoms with van der Waals surface area (Å²) >= 11 is 0. The first-order valence-electron chi connectivity index (χ1n) is 4.00. The maximum atomic E-state index is 12.2. The maximum Gasteiger partial charge on any atom is 0.273 e. The number of hydrogen-bond donors (Lipinski definition) is 0. The summed E-state index contributed by atoms with van der Waals surface area (Å²) in [6.45, 7) is 0. The van der Waals surface area contributed by atoms with Crippen molar-refractivity contribution < 1.29 is 46.7 Å². The Kier molecular flexibility index (Phi) is 7.09. The minimum atomic E-state index is -4.00. The van der Waals surface area contributed by atoms with E-state index in [1.165, 1.54) is 0 Å². The third-order valence-corrected chi connectivity index (χ3v) is 2.91. The number of halogens is 3. The molecule has 5 heteroatoms. The summed E-state index contributed by atoms with van der Waals surface area (Å²) in [5.74, 6) is 0.116. The van der Waals surface area contributed by atoms with Gasteiger partial charge in [-0.3, -0.25) is 0 Å². The van der Waals surface area contributed by atoms with Gasteiger partial charge < -0.3 is 7.43 Å². The van der Waals surface area contributed by atoms with E-state index < -0.39 is 6.18 Å². The van der Waals surface area contributed by atoms with Gasteiger partial charge in [0.1, 0.15) is 0 Å². The molecule has 2 atom stereocenters. The first-order chi connectivity index (χ1) is 5.07. The van der Waals surface area contributed by atoms with Gasteiger partial charge >= 0.3 is 0 Å². The molecule has 0 saturated heterocycles. The van der Waals surface area contributed by atoms with Crippen molar-refractivity contribution in [1.82, 2.24) is 0 Å². The van der Waals surface area contributed by atoms with Crippen LogP contribution in [0.25, 0.3) is 0 Å². The van der Waals surface area contributed by atoms with Crippen LogP contribution < -0.4 is 0 Å². The van der Waals surface area contributed by atoms with Gasteiger partial charge in [0, 0.05) is 33.6 Å². The Morgan fingerprint density at radius 3 is 1.86 bits per heavy atom. The van der Waals surface area contributed by atoms with E-state index >= 15 is 0 Å². The third-order valence-electron chi connectivity index (χ3n) is 2.91. The molecular weight excluding hydrogens is 283 g/mol. The van der Waals surface area contributed by atoms with Gasteiger partial charge in [-0.15, -0.1) is 0 Å². The molecule has 14 heavy (non-hydrogen) atoms. The Morgan fingerprint density at radius 2 is 1.64 bits per heavy atom. The molecular formula is C9H13Co2F3-2. The van der Waals surface area contributed by atoms with Crippen LogP contribution in [0.3, 0.4) is 0 Å². The van der Waals surface area contributed by atoms with Crippen LogP contribution in [0.5, 0.6) is 0 Å². The summed E-state index contributed by atoms with van der Waals surface area (Å²) in [5.41, 5.74) is 0. The van der Waals surface area contributed by atoms with Crippen molar-refractivity contribution in [2.75, 3.05) is 0 Å². The molecule has 2 aliphatic carbocycles. The predicted octanol–water partition coefficient (Wildman–Crippen LogP) is 3.39. The first-order valence-corrected chi connectivity index (χ1v) is 4.00. The van der Waals surface area contributed by atoms with Crippen molar-refractivity contribution in [2.45, 2.75) is 31.9 Å². The van der Waals surface area contributed by atoms with Gasteiger partial charge in [-0.1, -0.05) is 25.2 Å². The molecule has 2 fully saturated rings. The second kappa shape index (κ2) is 5.77. The van der Waals surface area contributed by atoms with Gasteiger partial charge in [-0.2, -0.15) is 12.3 Å². The fourth-order valence-corrected chi connectivity index (χ4v) is 2.40. The minimum Gasteiger partial charge on any atom is -0.358 e. The van der Waals surface area contributed by atoms with Crippen molar-refractivity contribution in [2.24, 2.45) is 11.8 Å². The van der Waals surface area contributed by atoms with Gasteiger partial charge in [-0.25, -0.2) is 19.1 Å². The third kappa shape index (κ3) is 3.15. The zero-order valence-electron chi connectivity index (χ0n) is 7.78. The van der Waals surface area contributed by atoms with Crippen LogP contribution in [-0.4, -0.2) is 6.18 Å². The van der Waals surface area contributed by atoms with Crippen LogP contribution >= 0.6 is 0 Å². The van der Waals surface area contributed by atoms with E-state index in [0.29, 0.717) is 12.3 Å². The molecule has 0 aromatic heterocycles. The fraction of sp³-hybridized carbons (Fsp3) is 0.778. The number of fused-ring (bicyclic) bond motifs is 2. The normalized spacial score (nSPS) is 30.2. The Morgan fingerprint density at radius 1 is 1.07 bits per heavy atom. The van der Waals surface area contributed by atoms with Gasteiger partial charge in [0.2, 0.25) is 0 Å². The molecule has 2 radical (unpaired) electrons. The van der Waals surface area contributed by atoms with E-state index in [4.69, 9.17) is 0 Å². The minimum absolute atomic E-state index is 0. The Bertz CT molecular complexity index is 170. The standard InChI is InChI=1S/C8H10F3.CH3.2Co/c9-8(10,11)7-4-5-1-2-6(7)3-5;;;/h5-6H,1-4H2;1H3;;/q2*-1;;. The van der Waals surface area contributed by atoms with Crippen molar-refractivity contribution in [3.8, 4) is 0 Å². The topological polar surface area (TPSA) is 0 Å². The summed E-state index contributed by atoms with van der Waals surface area (Å²) in [7, 11) is 0. The Hall–Kier alpha value is 0.803. The molecule has 0 amide bonds. The SMILES string of the molecule is FC(F)(F)[C-]1CC2CCC1C2.[CH3-].[Co].[Co]. The molecule has 2 unspecified atom stereocenters. The molecule has 0 nitrogen and oxygen atoms in total. The van der Waals surface area contributed by atoms with Gasteiger partial charge in [0.05, 0.1) is 0 Å². The summed E-state index contributed by atoms with van der Waals surface area (Å²) < 4.78 is 36.5. The molecule has 2 rings (SSSR count). The second-order valence-corrected chi connectivity index (χ2v) is 3.60. The van der Waals surface area contributed by atoms with Gasteiger partial charge in [0.15, 0.2) is 0 Å². The van der Waals surface area contributed by atoms with E-state index in [1.54, 1.807) is 0 Å². The summed E-state index contributed by atoms with van der Waals surface area (Å²) in [6, 6.07) is 0. The smallest absolute Gasteiger partial charge is 0.273 e. The zero-order chi connectivity index (χ0) is 8.06. The molecule has 90 valence electrons. The molecule has 0 heterocycles. The van der Waals surface area contributed by atoms with Gasteiger partial charge in [0.25, 0.3) is 6.18 Å². The molecule has 0 aliphatic heterocycles. The van der Waals surface area contributed by atoms with Crippen LogP contribution in [-0.2, 0) is 33.6 Å². The van der Waals surface area contributed by atoms with Crippen LogP contribution in [0.15, 0.2) is 0 Å². The van der Waals surface area contributed by atoms with E-state index in [-0.39, 0.29) is 52.8 Å². The summed E-state index contributed by atoms with van der Waals surface area (Å²) in [4.78, 5) is 0. The van der Waals surface area contributed by atoms with Crippen LogP contribution in [0, 0.1) is 25.2 Å². The monoisotopic (exact) mass is 296 g/mol. The average Bonchev–Trinajstić information content (AvgIpc) is 2.42. The van der Waals surface area contributed by atoms with Crippen molar-refractivity contribution in [3.63, 3.8) is 0 Å².